The van der Waals surface area contributed by atoms with Gasteiger partial charge < -0.3 is 20.2 Å². The molecule has 2 saturated heterocycles. The minimum Gasteiger partial charge on any atom is -0.385 e. The van der Waals surface area contributed by atoms with Crippen molar-refractivity contribution in [1.29, 1.82) is 0 Å². The summed E-state index contributed by atoms with van der Waals surface area (Å²) in [7, 11) is 0. The Morgan fingerprint density at radius 2 is 1.54 bits per heavy atom. The predicted octanol–water partition coefficient (Wildman–Crippen LogP) is 5.74. The Balaban J connectivity index is 1.23. The quantitative estimate of drug-likeness (QED) is 0.342. The van der Waals surface area contributed by atoms with Gasteiger partial charge in [-0.25, -0.2) is 0 Å². The van der Waals surface area contributed by atoms with Crippen LogP contribution in [-0.2, 0) is 11.0 Å². The number of nitrogens with one attached hydrogen (secondary N) is 1. The van der Waals surface area contributed by atoms with Crippen LogP contribution in [-0.4, -0.2) is 66.6 Å². The fourth-order valence-corrected chi connectivity index (χ4v) is 6.42. The molecule has 2 N–H and O–H groups in total. The number of carbonyl (C=O) groups excluding carboxylic acids is 1. The number of halogens is 2. The van der Waals surface area contributed by atoms with Crippen molar-refractivity contribution in [3.8, 4) is 0 Å². The van der Waals surface area contributed by atoms with Gasteiger partial charge >= 0.3 is 0 Å². The molecule has 0 aromatic heterocycles. The third-order valence-electron chi connectivity index (χ3n) is 8.48. The van der Waals surface area contributed by atoms with Crippen LogP contribution in [0.2, 0.25) is 10.0 Å². The highest BCUT2D eigenvalue weighted by Crippen LogP contribution is 2.37. The zero-order valence-electron chi connectivity index (χ0n) is 22.3. The molecule has 0 aliphatic carbocycles. The van der Waals surface area contributed by atoms with Gasteiger partial charge in [-0.2, -0.15) is 0 Å². The van der Waals surface area contributed by atoms with E-state index in [0.29, 0.717) is 16.6 Å². The molecule has 2 heterocycles. The third-order valence-corrected chi connectivity index (χ3v) is 9.22. The first-order valence-electron chi connectivity index (χ1n) is 13.9. The maximum atomic E-state index is 13.4. The van der Waals surface area contributed by atoms with Crippen molar-refractivity contribution in [2.45, 2.75) is 36.7 Å². The third kappa shape index (κ3) is 6.50. The lowest BCUT2D eigenvalue weighted by atomic mass is 9.73. The van der Waals surface area contributed by atoms with E-state index in [1.807, 2.05) is 77.7 Å². The molecular formula is C32H37Cl2N3O2. The van der Waals surface area contributed by atoms with Crippen LogP contribution in [0.25, 0.3) is 0 Å². The molecule has 2 fully saturated rings. The summed E-state index contributed by atoms with van der Waals surface area (Å²) < 4.78 is 0. The van der Waals surface area contributed by atoms with Gasteiger partial charge in [0.2, 0.25) is 0 Å². The summed E-state index contributed by atoms with van der Waals surface area (Å²) in [5.41, 5.74) is 1.85. The highest BCUT2D eigenvalue weighted by Gasteiger charge is 2.39. The van der Waals surface area contributed by atoms with E-state index in [2.05, 4.69) is 16.3 Å². The molecule has 5 rings (SSSR count). The number of hydrogen-bond acceptors (Lipinski definition) is 4. The number of carbonyl (C=O) groups is 1. The summed E-state index contributed by atoms with van der Waals surface area (Å²) in [5, 5.41) is 16.0. The van der Waals surface area contributed by atoms with E-state index in [1.165, 1.54) is 0 Å². The number of hydrogen-bond donors (Lipinski definition) is 2. The molecule has 0 spiro atoms. The first-order chi connectivity index (χ1) is 18.9. The van der Waals surface area contributed by atoms with Gasteiger partial charge in [0, 0.05) is 56.8 Å². The van der Waals surface area contributed by atoms with Crippen molar-refractivity contribution < 1.29 is 9.90 Å². The van der Waals surface area contributed by atoms with Crippen molar-refractivity contribution in [1.82, 2.24) is 15.1 Å². The monoisotopic (exact) mass is 565 g/mol. The average molecular weight is 567 g/mol. The lowest BCUT2D eigenvalue weighted by Crippen LogP contribution is -2.53. The van der Waals surface area contributed by atoms with Crippen molar-refractivity contribution in [3.05, 3.63) is 106 Å². The number of piperidine rings is 2. The lowest BCUT2D eigenvalue weighted by molar-refractivity contribution is -0.0256. The molecule has 0 radical (unpaired) electrons. The molecule has 5 nitrogen and oxygen atoms in total. The predicted molar refractivity (Wildman–Crippen MR) is 159 cm³/mol. The summed E-state index contributed by atoms with van der Waals surface area (Å²) >= 11 is 12.7. The molecule has 206 valence electrons. The second-order valence-corrected chi connectivity index (χ2v) is 11.8. The molecule has 0 saturated carbocycles. The van der Waals surface area contributed by atoms with Crippen molar-refractivity contribution in [2.75, 3.05) is 45.8 Å². The minimum absolute atomic E-state index is 0.0685. The maximum Gasteiger partial charge on any atom is 0.253 e. The summed E-state index contributed by atoms with van der Waals surface area (Å²) in [5.74, 6) is 0.0685. The number of benzene rings is 3. The number of nitrogens with zero attached hydrogens (tertiary/aromatic N) is 2. The SMILES string of the molecule is O=C(c1ccccc1)N1CCCC(CNCCN2CCC(O)(c3ccccc3)CC2)(c2ccc(Cl)c(Cl)c2)C1. The fourth-order valence-electron chi connectivity index (χ4n) is 6.12. The largest absolute Gasteiger partial charge is 0.385 e. The van der Waals surface area contributed by atoms with E-state index in [0.717, 1.165) is 81.6 Å². The van der Waals surface area contributed by atoms with Gasteiger partial charge in [0.25, 0.3) is 5.91 Å². The van der Waals surface area contributed by atoms with E-state index in [-0.39, 0.29) is 11.3 Å². The number of rotatable bonds is 8. The first-order valence-corrected chi connectivity index (χ1v) is 14.7. The van der Waals surface area contributed by atoms with Gasteiger partial charge in [0.05, 0.1) is 15.6 Å². The molecule has 39 heavy (non-hydrogen) atoms. The van der Waals surface area contributed by atoms with Gasteiger partial charge in [-0.1, -0.05) is 77.8 Å². The van der Waals surface area contributed by atoms with Crippen LogP contribution < -0.4 is 5.32 Å². The Morgan fingerprint density at radius 3 is 2.23 bits per heavy atom. The second-order valence-electron chi connectivity index (χ2n) is 11.0. The number of likely N-dealkylation sites (tertiary alicyclic amines) is 2. The Labute approximate surface area is 241 Å². The summed E-state index contributed by atoms with van der Waals surface area (Å²) in [6.45, 7) is 5.59. The molecule has 3 aromatic carbocycles. The molecule has 7 heteroatoms. The Hall–Kier alpha value is -2.41. The Bertz CT molecular complexity index is 1250. The number of aliphatic hydroxyl groups is 1. The molecule has 2 aliphatic heterocycles. The topological polar surface area (TPSA) is 55.8 Å². The van der Waals surface area contributed by atoms with E-state index in [4.69, 9.17) is 23.2 Å². The van der Waals surface area contributed by atoms with Crippen LogP contribution in [0.3, 0.4) is 0 Å². The highest BCUT2D eigenvalue weighted by molar-refractivity contribution is 6.42. The highest BCUT2D eigenvalue weighted by atomic mass is 35.5. The van der Waals surface area contributed by atoms with Gasteiger partial charge in [0.1, 0.15) is 0 Å². The first kappa shape index (κ1) is 28.1. The van der Waals surface area contributed by atoms with Crippen molar-refractivity contribution >= 4 is 29.1 Å². The molecule has 1 amide bonds. The van der Waals surface area contributed by atoms with E-state index in [9.17, 15) is 9.90 Å². The Kier molecular flexibility index (Phi) is 8.95. The van der Waals surface area contributed by atoms with Crippen LogP contribution >= 0.6 is 23.2 Å². The van der Waals surface area contributed by atoms with Crippen LogP contribution in [0.4, 0.5) is 0 Å². The van der Waals surface area contributed by atoms with Crippen LogP contribution in [0.1, 0.15) is 47.2 Å². The van der Waals surface area contributed by atoms with E-state index >= 15 is 0 Å². The Morgan fingerprint density at radius 1 is 0.846 bits per heavy atom. The fraction of sp³-hybridized carbons (Fsp3) is 0.406. The average Bonchev–Trinajstić information content (AvgIpc) is 2.98. The van der Waals surface area contributed by atoms with Gasteiger partial charge in [0.15, 0.2) is 0 Å². The molecular weight excluding hydrogens is 529 g/mol. The van der Waals surface area contributed by atoms with Crippen LogP contribution in [0.15, 0.2) is 78.9 Å². The lowest BCUT2D eigenvalue weighted by Gasteiger charge is -2.44. The van der Waals surface area contributed by atoms with E-state index in [1.54, 1.807) is 0 Å². The zero-order chi connectivity index (χ0) is 27.3. The smallest absolute Gasteiger partial charge is 0.253 e. The normalized spacial score (nSPS) is 21.6. The van der Waals surface area contributed by atoms with Gasteiger partial charge in [-0.05, 0) is 61.1 Å². The standard InChI is InChI=1S/C32H37Cl2N3O2/c33-28-13-12-27(22-29(28)34)31(14-7-18-37(24-31)30(38)25-8-3-1-4-9-25)23-35-17-21-36-19-15-32(39,16-20-36)26-10-5-2-6-11-26/h1-6,8-13,22,35,39H,7,14-21,23-24H2. The molecule has 2 aliphatic rings. The summed E-state index contributed by atoms with van der Waals surface area (Å²) in [6, 6.07) is 25.4. The summed E-state index contributed by atoms with van der Waals surface area (Å²) in [4.78, 5) is 17.8. The van der Waals surface area contributed by atoms with Crippen LogP contribution in [0.5, 0.6) is 0 Å². The van der Waals surface area contributed by atoms with Gasteiger partial charge in [-0.15, -0.1) is 0 Å². The molecule has 1 atom stereocenters. The summed E-state index contributed by atoms with van der Waals surface area (Å²) in [6.07, 6.45) is 3.36. The second kappa shape index (κ2) is 12.4. The van der Waals surface area contributed by atoms with Crippen molar-refractivity contribution in [2.24, 2.45) is 0 Å². The van der Waals surface area contributed by atoms with Gasteiger partial charge in [-0.3, -0.25) is 4.79 Å². The van der Waals surface area contributed by atoms with Crippen molar-refractivity contribution in [3.63, 3.8) is 0 Å². The molecule has 0 bridgehead atoms. The molecule has 3 aromatic rings. The number of amides is 1. The zero-order valence-corrected chi connectivity index (χ0v) is 23.8. The maximum absolute atomic E-state index is 13.4. The van der Waals surface area contributed by atoms with Crippen LogP contribution in [0, 0.1) is 0 Å². The minimum atomic E-state index is -0.736. The van der Waals surface area contributed by atoms with E-state index < -0.39 is 5.60 Å². The molecule has 1 unspecified atom stereocenters.